The molecular formula is C12H11N5O3. The quantitative estimate of drug-likeness (QED) is 0.647. The standard InChI is InChI=1S/C12H11N5O3/c1-13-11-7-14-10(6-15-11)12(18)16-8-3-2-4-9(5-8)17(19)20/h2-7H,1H3,(H,13,15)(H,16,18). The first-order valence-corrected chi connectivity index (χ1v) is 5.66. The molecular weight excluding hydrogens is 262 g/mol. The van der Waals surface area contributed by atoms with Crippen LogP contribution in [0.1, 0.15) is 10.5 Å². The third-order valence-electron chi connectivity index (χ3n) is 2.46. The molecule has 0 atom stereocenters. The minimum Gasteiger partial charge on any atom is -0.372 e. The van der Waals surface area contributed by atoms with Crippen molar-refractivity contribution in [3.8, 4) is 0 Å². The highest BCUT2D eigenvalue weighted by Crippen LogP contribution is 2.17. The lowest BCUT2D eigenvalue weighted by Crippen LogP contribution is -2.14. The van der Waals surface area contributed by atoms with Crippen molar-refractivity contribution in [1.29, 1.82) is 0 Å². The zero-order valence-corrected chi connectivity index (χ0v) is 10.5. The maximum absolute atomic E-state index is 11.9. The molecule has 0 radical (unpaired) electrons. The number of nitro benzene ring substituents is 1. The van der Waals surface area contributed by atoms with Crippen LogP contribution in [0.4, 0.5) is 17.2 Å². The predicted molar refractivity (Wildman–Crippen MR) is 72.6 cm³/mol. The number of hydrogen-bond acceptors (Lipinski definition) is 6. The number of carbonyl (C=O) groups is 1. The number of nitrogens with zero attached hydrogens (tertiary/aromatic N) is 3. The molecule has 2 aromatic rings. The van der Waals surface area contributed by atoms with Crippen molar-refractivity contribution in [2.45, 2.75) is 0 Å². The molecule has 1 heterocycles. The van der Waals surface area contributed by atoms with Gasteiger partial charge in [0.05, 0.1) is 17.3 Å². The number of nitro groups is 1. The van der Waals surface area contributed by atoms with Gasteiger partial charge < -0.3 is 10.6 Å². The van der Waals surface area contributed by atoms with Gasteiger partial charge in [-0.1, -0.05) is 6.07 Å². The van der Waals surface area contributed by atoms with Gasteiger partial charge in [0.15, 0.2) is 0 Å². The van der Waals surface area contributed by atoms with Crippen molar-refractivity contribution in [3.63, 3.8) is 0 Å². The molecule has 0 spiro atoms. The Morgan fingerprint density at radius 3 is 2.70 bits per heavy atom. The summed E-state index contributed by atoms with van der Waals surface area (Å²) < 4.78 is 0. The number of carbonyl (C=O) groups excluding carboxylic acids is 1. The van der Waals surface area contributed by atoms with Crippen LogP contribution in [0.2, 0.25) is 0 Å². The fraction of sp³-hybridized carbons (Fsp3) is 0.0833. The lowest BCUT2D eigenvalue weighted by atomic mass is 10.2. The molecule has 8 nitrogen and oxygen atoms in total. The van der Waals surface area contributed by atoms with Gasteiger partial charge in [-0.15, -0.1) is 0 Å². The molecule has 1 aromatic heterocycles. The zero-order valence-electron chi connectivity index (χ0n) is 10.5. The smallest absolute Gasteiger partial charge is 0.275 e. The molecule has 0 unspecified atom stereocenters. The van der Waals surface area contributed by atoms with Crippen LogP contribution in [-0.4, -0.2) is 27.8 Å². The van der Waals surface area contributed by atoms with Crippen molar-refractivity contribution in [2.24, 2.45) is 0 Å². The molecule has 20 heavy (non-hydrogen) atoms. The van der Waals surface area contributed by atoms with E-state index in [1.54, 1.807) is 13.1 Å². The fourth-order valence-corrected chi connectivity index (χ4v) is 1.47. The average molecular weight is 273 g/mol. The highest BCUT2D eigenvalue weighted by Gasteiger charge is 2.11. The Balaban J connectivity index is 2.14. The molecule has 1 amide bonds. The van der Waals surface area contributed by atoms with E-state index in [0.29, 0.717) is 11.5 Å². The fourth-order valence-electron chi connectivity index (χ4n) is 1.47. The Labute approximate surface area is 114 Å². The molecule has 0 aliphatic rings. The van der Waals surface area contributed by atoms with Crippen LogP contribution >= 0.6 is 0 Å². The van der Waals surface area contributed by atoms with Crippen LogP contribution in [0.5, 0.6) is 0 Å². The minimum absolute atomic E-state index is 0.0978. The molecule has 0 saturated heterocycles. The Morgan fingerprint density at radius 1 is 1.30 bits per heavy atom. The molecule has 2 rings (SSSR count). The monoisotopic (exact) mass is 273 g/mol. The second-order valence-corrected chi connectivity index (χ2v) is 3.80. The number of hydrogen-bond donors (Lipinski definition) is 2. The van der Waals surface area contributed by atoms with Crippen LogP contribution < -0.4 is 10.6 Å². The Morgan fingerprint density at radius 2 is 2.10 bits per heavy atom. The van der Waals surface area contributed by atoms with Gasteiger partial charge in [0.1, 0.15) is 11.5 Å². The normalized spacial score (nSPS) is 9.85. The van der Waals surface area contributed by atoms with Crippen LogP contribution in [0.3, 0.4) is 0 Å². The molecule has 2 N–H and O–H groups in total. The minimum atomic E-state index is -0.531. The highest BCUT2D eigenvalue weighted by atomic mass is 16.6. The van der Waals surface area contributed by atoms with Crippen molar-refractivity contribution in [3.05, 3.63) is 52.5 Å². The molecule has 0 fully saturated rings. The summed E-state index contributed by atoms with van der Waals surface area (Å²) in [6.45, 7) is 0. The van der Waals surface area contributed by atoms with Gasteiger partial charge in [0.2, 0.25) is 0 Å². The summed E-state index contributed by atoms with van der Waals surface area (Å²) in [4.78, 5) is 29.9. The first kappa shape index (κ1) is 13.4. The molecule has 0 bridgehead atoms. The van der Waals surface area contributed by atoms with E-state index >= 15 is 0 Å². The van der Waals surface area contributed by atoms with Crippen LogP contribution in [0.25, 0.3) is 0 Å². The summed E-state index contributed by atoms with van der Waals surface area (Å²) in [5.74, 6) is 0.0533. The molecule has 0 aliphatic carbocycles. The van der Waals surface area contributed by atoms with Crippen molar-refractivity contribution in [2.75, 3.05) is 17.7 Å². The first-order chi connectivity index (χ1) is 9.60. The number of nitrogens with one attached hydrogen (secondary N) is 2. The van der Waals surface area contributed by atoms with Gasteiger partial charge in [-0.25, -0.2) is 9.97 Å². The first-order valence-electron chi connectivity index (χ1n) is 5.66. The second-order valence-electron chi connectivity index (χ2n) is 3.80. The van der Waals surface area contributed by atoms with Crippen LogP contribution in [0.15, 0.2) is 36.7 Å². The molecule has 0 saturated carbocycles. The molecule has 8 heteroatoms. The van der Waals surface area contributed by atoms with E-state index in [1.807, 2.05) is 0 Å². The summed E-state index contributed by atoms with van der Waals surface area (Å²) in [6.07, 6.45) is 2.74. The van der Waals surface area contributed by atoms with Crippen molar-refractivity contribution < 1.29 is 9.72 Å². The van der Waals surface area contributed by atoms with Gasteiger partial charge in [-0.05, 0) is 6.07 Å². The number of anilines is 2. The van der Waals surface area contributed by atoms with Crippen molar-refractivity contribution >= 4 is 23.1 Å². The predicted octanol–water partition coefficient (Wildman–Crippen LogP) is 1.68. The largest absolute Gasteiger partial charge is 0.372 e. The van der Waals surface area contributed by atoms with Gasteiger partial charge in [-0.3, -0.25) is 14.9 Å². The molecule has 102 valence electrons. The Kier molecular flexibility index (Phi) is 3.85. The van der Waals surface area contributed by atoms with E-state index < -0.39 is 10.8 Å². The topological polar surface area (TPSA) is 110 Å². The van der Waals surface area contributed by atoms with Crippen molar-refractivity contribution in [1.82, 2.24) is 9.97 Å². The number of amides is 1. The van der Waals surface area contributed by atoms with Gasteiger partial charge in [0, 0.05) is 24.9 Å². The third-order valence-corrected chi connectivity index (χ3v) is 2.46. The summed E-state index contributed by atoms with van der Waals surface area (Å²) in [7, 11) is 1.69. The summed E-state index contributed by atoms with van der Waals surface area (Å²) in [5.41, 5.74) is 0.346. The number of aromatic nitrogens is 2. The van der Waals surface area contributed by atoms with Gasteiger partial charge in [-0.2, -0.15) is 0 Å². The highest BCUT2D eigenvalue weighted by molar-refractivity contribution is 6.02. The lowest BCUT2D eigenvalue weighted by Gasteiger charge is -2.04. The SMILES string of the molecule is CNc1cnc(C(=O)Nc2cccc([N+](=O)[O-])c2)cn1. The summed E-state index contributed by atoms with van der Waals surface area (Å²) in [6, 6.07) is 5.66. The van der Waals surface area contributed by atoms with Gasteiger partial charge >= 0.3 is 0 Å². The van der Waals surface area contributed by atoms with E-state index in [-0.39, 0.29) is 11.4 Å². The van der Waals surface area contributed by atoms with E-state index in [1.165, 1.54) is 30.6 Å². The number of rotatable bonds is 4. The maximum atomic E-state index is 11.9. The maximum Gasteiger partial charge on any atom is 0.275 e. The van der Waals surface area contributed by atoms with E-state index in [4.69, 9.17) is 0 Å². The average Bonchev–Trinajstić information content (AvgIpc) is 2.47. The Hall–Kier alpha value is -3.03. The molecule has 0 aliphatic heterocycles. The summed E-state index contributed by atoms with van der Waals surface area (Å²) in [5, 5.41) is 16.0. The molecule has 1 aromatic carbocycles. The lowest BCUT2D eigenvalue weighted by molar-refractivity contribution is -0.384. The van der Waals surface area contributed by atoms with E-state index in [2.05, 4.69) is 20.6 Å². The van der Waals surface area contributed by atoms with Crippen LogP contribution in [-0.2, 0) is 0 Å². The van der Waals surface area contributed by atoms with E-state index in [0.717, 1.165) is 0 Å². The van der Waals surface area contributed by atoms with Gasteiger partial charge in [0.25, 0.3) is 11.6 Å². The zero-order chi connectivity index (χ0) is 14.5. The number of benzene rings is 1. The number of non-ortho nitro benzene ring substituents is 1. The Bertz CT molecular complexity index is 642. The van der Waals surface area contributed by atoms with E-state index in [9.17, 15) is 14.9 Å². The second kappa shape index (κ2) is 5.74. The van der Waals surface area contributed by atoms with Crippen LogP contribution in [0, 0.1) is 10.1 Å². The third kappa shape index (κ3) is 3.05. The summed E-state index contributed by atoms with van der Waals surface area (Å²) >= 11 is 0.